The van der Waals surface area contributed by atoms with Crippen molar-refractivity contribution in [2.45, 2.75) is 26.8 Å². The van der Waals surface area contributed by atoms with Gasteiger partial charge >= 0.3 is 11.7 Å². The van der Waals surface area contributed by atoms with Crippen molar-refractivity contribution >= 4 is 11.7 Å². The molecule has 0 aromatic carbocycles. The Bertz CT molecular complexity index is 425. The van der Waals surface area contributed by atoms with Crippen molar-refractivity contribution in [2.24, 2.45) is 0 Å². The first-order chi connectivity index (χ1) is 7.47. The second kappa shape index (κ2) is 4.73. The van der Waals surface area contributed by atoms with Crippen LogP contribution in [0.3, 0.4) is 0 Å². The molecule has 0 fully saturated rings. The highest BCUT2D eigenvalue weighted by Crippen LogP contribution is 2.21. The summed E-state index contributed by atoms with van der Waals surface area (Å²) >= 11 is 0. The minimum atomic E-state index is -0.466. The second-order valence-corrected chi connectivity index (χ2v) is 3.33. The van der Waals surface area contributed by atoms with Gasteiger partial charge in [0.1, 0.15) is 11.4 Å². The Morgan fingerprint density at radius 1 is 1.56 bits per heavy atom. The Kier molecular flexibility index (Phi) is 3.60. The van der Waals surface area contributed by atoms with Crippen molar-refractivity contribution in [3.8, 4) is 0 Å². The molecule has 0 atom stereocenters. The third-order valence-corrected chi connectivity index (χ3v) is 2.28. The van der Waals surface area contributed by atoms with Gasteiger partial charge < -0.3 is 4.74 Å². The molecule has 0 bridgehead atoms. The Morgan fingerprint density at radius 2 is 2.19 bits per heavy atom. The van der Waals surface area contributed by atoms with Crippen molar-refractivity contribution in [3.05, 3.63) is 21.5 Å². The summed E-state index contributed by atoms with van der Waals surface area (Å²) in [6, 6.07) is 0. The number of rotatable bonds is 4. The standard InChI is InChI=1S/C9H13N3O4/c1-6-9(12(14)15)7(2)11(10-6)5-4-8(13)16-3/h4-5H2,1-3H3. The molecule has 7 nitrogen and oxygen atoms in total. The molecule has 0 aliphatic heterocycles. The van der Waals surface area contributed by atoms with Crippen LogP contribution in [0, 0.1) is 24.0 Å². The minimum absolute atomic E-state index is 0.00451. The molecule has 1 aromatic heterocycles. The largest absolute Gasteiger partial charge is 0.469 e. The maximum atomic E-state index is 10.9. The van der Waals surface area contributed by atoms with Crippen molar-refractivity contribution in [1.29, 1.82) is 0 Å². The molecule has 0 radical (unpaired) electrons. The third-order valence-electron chi connectivity index (χ3n) is 2.28. The predicted octanol–water partition coefficient (Wildman–Crippen LogP) is 0.971. The minimum Gasteiger partial charge on any atom is -0.469 e. The van der Waals surface area contributed by atoms with E-state index < -0.39 is 4.92 Å². The highest BCUT2D eigenvalue weighted by Gasteiger charge is 2.21. The van der Waals surface area contributed by atoms with E-state index in [4.69, 9.17) is 0 Å². The summed E-state index contributed by atoms with van der Waals surface area (Å²) in [5.74, 6) is -0.366. The molecule has 0 saturated carbocycles. The van der Waals surface area contributed by atoms with Gasteiger partial charge in [-0.1, -0.05) is 0 Å². The van der Waals surface area contributed by atoms with Crippen LogP contribution in [-0.2, 0) is 16.1 Å². The number of nitrogens with zero attached hydrogens (tertiary/aromatic N) is 3. The van der Waals surface area contributed by atoms with E-state index in [2.05, 4.69) is 9.84 Å². The molecular weight excluding hydrogens is 214 g/mol. The molecule has 0 aliphatic rings. The number of esters is 1. The van der Waals surface area contributed by atoms with E-state index >= 15 is 0 Å². The highest BCUT2D eigenvalue weighted by molar-refractivity contribution is 5.69. The first-order valence-electron chi connectivity index (χ1n) is 4.72. The molecule has 88 valence electrons. The number of carbonyl (C=O) groups excluding carboxylic acids is 1. The van der Waals surface area contributed by atoms with Crippen LogP contribution in [0.1, 0.15) is 17.8 Å². The molecule has 1 rings (SSSR count). The van der Waals surface area contributed by atoms with E-state index in [1.165, 1.54) is 11.8 Å². The third kappa shape index (κ3) is 2.36. The number of carbonyl (C=O) groups is 1. The first kappa shape index (κ1) is 12.2. The van der Waals surface area contributed by atoms with E-state index in [9.17, 15) is 14.9 Å². The maximum Gasteiger partial charge on any atom is 0.312 e. The molecular formula is C9H13N3O4. The summed E-state index contributed by atoms with van der Waals surface area (Å²) in [4.78, 5) is 21.2. The Labute approximate surface area is 92.2 Å². The van der Waals surface area contributed by atoms with E-state index in [1.807, 2.05) is 0 Å². The van der Waals surface area contributed by atoms with Gasteiger partial charge in [0.05, 0.1) is 25.0 Å². The maximum absolute atomic E-state index is 10.9. The fourth-order valence-corrected chi connectivity index (χ4v) is 1.47. The molecule has 0 N–H and O–H groups in total. The summed E-state index contributed by atoms with van der Waals surface area (Å²) < 4.78 is 5.93. The smallest absolute Gasteiger partial charge is 0.312 e. The molecule has 1 aromatic rings. The second-order valence-electron chi connectivity index (χ2n) is 3.33. The average Bonchev–Trinajstić information content (AvgIpc) is 2.50. The lowest BCUT2D eigenvalue weighted by Gasteiger charge is -2.01. The van der Waals surface area contributed by atoms with E-state index in [0.717, 1.165) is 0 Å². The van der Waals surface area contributed by atoms with Crippen molar-refractivity contribution in [1.82, 2.24) is 9.78 Å². The lowest BCUT2D eigenvalue weighted by atomic mass is 10.3. The molecule has 0 aliphatic carbocycles. The summed E-state index contributed by atoms with van der Waals surface area (Å²) in [6.07, 6.45) is 0.148. The number of aryl methyl sites for hydroxylation is 2. The number of nitro groups is 1. The topological polar surface area (TPSA) is 87.3 Å². The van der Waals surface area contributed by atoms with Crippen LogP contribution < -0.4 is 0 Å². The fourth-order valence-electron chi connectivity index (χ4n) is 1.47. The zero-order valence-corrected chi connectivity index (χ0v) is 9.39. The van der Waals surface area contributed by atoms with Gasteiger partial charge in [0.25, 0.3) is 0 Å². The molecule has 1 heterocycles. The fraction of sp³-hybridized carbons (Fsp3) is 0.556. The number of methoxy groups -OCH3 is 1. The molecule has 0 amide bonds. The van der Waals surface area contributed by atoms with Gasteiger partial charge in [-0.15, -0.1) is 0 Å². The van der Waals surface area contributed by atoms with Gasteiger partial charge in [-0.05, 0) is 13.8 Å². The lowest BCUT2D eigenvalue weighted by molar-refractivity contribution is -0.386. The van der Waals surface area contributed by atoms with Crippen LogP contribution in [0.2, 0.25) is 0 Å². The van der Waals surface area contributed by atoms with Crippen molar-refractivity contribution in [2.75, 3.05) is 7.11 Å². The molecule has 0 spiro atoms. The quantitative estimate of drug-likeness (QED) is 0.434. The van der Waals surface area contributed by atoms with Gasteiger partial charge in [-0.2, -0.15) is 5.10 Å². The van der Waals surface area contributed by atoms with E-state index in [-0.39, 0.29) is 24.6 Å². The summed E-state index contributed by atoms with van der Waals surface area (Å²) in [5, 5.41) is 14.7. The number of hydrogen-bond acceptors (Lipinski definition) is 5. The van der Waals surface area contributed by atoms with Crippen LogP contribution in [0.5, 0.6) is 0 Å². The number of hydrogen-bond donors (Lipinski definition) is 0. The van der Waals surface area contributed by atoms with E-state index in [0.29, 0.717) is 11.4 Å². The number of aromatic nitrogens is 2. The van der Waals surface area contributed by atoms with Crippen molar-refractivity contribution in [3.63, 3.8) is 0 Å². The van der Waals surface area contributed by atoms with Gasteiger partial charge in [0, 0.05) is 0 Å². The van der Waals surface area contributed by atoms with Gasteiger partial charge in [0.2, 0.25) is 0 Å². The number of ether oxygens (including phenoxy) is 1. The van der Waals surface area contributed by atoms with Crippen LogP contribution in [0.4, 0.5) is 5.69 Å². The molecule has 0 saturated heterocycles. The normalized spacial score (nSPS) is 10.2. The monoisotopic (exact) mass is 227 g/mol. The predicted molar refractivity (Wildman–Crippen MR) is 55.0 cm³/mol. The summed E-state index contributed by atoms with van der Waals surface area (Å²) in [5.41, 5.74) is 0.809. The van der Waals surface area contributed by atoms with Gasteiger partial charge in [-0.3, -0.25) is 19.6 Å². The first-order valence-corrected chi connectivity index (χ1v) is 4.72. The van der Waals surface area contributed by atoms with E-state index in [1.54, 1.807) is 13.8 Å². The summed E-state index contributed by atoms with van der Waals surface area (Å²) in [6.45, 7) is 3.46. The van der Waals surface area contributed by atoms with Crippen molar-refractivity contribution < 1.29 is 14.5 Å². The van der Waals surface area contributed by atoms with Gasteiger partial charge in [0.15, 0.2) is 0 Å². The van der Waals surface area contributed by atoms with Crippen LogP contribution in [0.15, 0.2) is 0 Å². The molecule has 0 unspecified atom stereocenters. The van der Waals surface area contributed by atoms with Crippen LogP contribution >= 0.6 is 0 Å². The molecule has 7 heteroatoms. The highest BCUT2D eigenvalue weighted by atomic mass is 16.6. The Morgan fingerprint density at radius 3 is 2.62 bits per heavy atom. The zero-order chi connectivity index (χ0) is 12.3. The SMILES string of the molecule is COC(=O)CCn1nc(C)c([N+](=O)[O-])c1C. The average molecular weight is 227 g/mol. The van der Waals surface area contributed by atoms with Crippen LogP contribution in [-0.4, -0.2) is 27.8 Å². The lowest BCUT2D eigenvalue weighted by Crippen LogP contribution is -2.09. The molecule has 16 heavy (non-hydrogen) atoms. The zero-order valence-electron chi connectivity index (χ0n) is 9.39. The van der Waals surface area contributed by atoms with Crippen LogP contribution in [0.25, 0.3) is 0 Å². The van der Waals surface area contributed by atoms with Gasteiger partial charge in [-0.25, -0.2) is 0 Å². The summed E-state index contributed by atoms with van der Waals surface area (Å²) in [7, 11) is 1.30. The Hall–Kier alpha value is -1.92. The Balaban J connectivity index is 2.87.